The monoisotopic (exact) mass is 395 g/mol. The number of halogens is 1. The summed E-state index contributed by atoms with van der Waals surface area (Å²) in [4.78, 5) is 36.6. The topological polar surface area (TPSA) is 99.0 Å². The summed E-state index contributed by atoms with van der Waals surface area (Å²) in [6.45, 7) is 1.53. The normalized spacial score (nSPS) is 13.7. The number of rotatable bonds is 5. The van der Waals surface area contributed by atoms with Crippen molar-refractivity contribution >= 4 is 28.5 Å². The summed E-state index contributed by atoms with van der Waals surface area (Å²) in [6.07, 6.45) is 6.90. The molecular weight excluding hydrogens is 377 g/mol. The van der Waals surface area contributed by atoms with Gasteiger partial charge in [-0.05, 0) is 19.1 Å². The van der Waals surface area contributed by atoms with E-state index in [1.54, 1.807) is 17.7 Å². The molecule has 148 valence electrons. The minimum Gasteiger partial charge on any atom is -0.467 e. The molecule has 0 saturated carbocycles. The van der Waals surface area contributed by atoms with Crippen LogP contribution in [0.15, 0.2) is 36.9 Å². The number of aromatic nitrogens is 4. The molecular formula is C20H18FN5O3. The second-order valence-electron chi connectivity index (χ2n) is 6.69. The third-order valence-corrected chi connectivity index (χ3v) is 4.78. The smallest absolute Gasteiger partial charge is 0.328 e. The van der Waals surface area contributed by atoms with Gasteiger partial charge in [-0.3, -0.25) is 9.78 Å². The highest BCUT2D eigenvalue weighted by Crippen LogP contribution is 2.34. The molecule has 3 heterocycles. The average Bonchev–Trinajstić information content (AvgIpc) is 3.31. The summed E-state index contributed by atoms with van der Waals surface area (Å²) in [6, 6.07) is 2.52. The van der Waals surface area contributed by atoms with Gasteiger partial charge in [0.05, 0.1) is 24.7 Å². The van der Waals surface area contributed by atoms with Crippen LogP contribution in [-0.4, -0.2) is 44.5 Å². The van der Waals surface area contributed by atoms with Gasteiger partial charge in [-0.15, -0.1) is 0 Å². The lowest BCUT2D eigenvalue weighted by Crippen LogP contribution is -2.40. The minimum absolute atomic E-state index is 0.0207. The number of allylic oxidation sites excluding steroid dienone is 1. The molecule has 1 aliphatic carbocycles. The molecule has 0 unspecified atom stereocenters. The fourth-order valence-corrected chi connectivity index (χ4v) is 3.42. The summed E-state index contributed by atoms with van der Waals surface area (Å²) < 4.78 is 20.0. The highest BCUT2D eigenvalue weighted by Gasteiger charge is 2.22. The van der Waals surface area contributed by atoms with Crippen LogP contribution in [-0.2, 0) is 27.3 Å². The second-order valence-corrected chi connectivity index (χ2v) is 6.69. The third kappa shape index (κ3) is 3.46. The summed E-state index contributed by atoms with van der Waals surface area (Å²) in [5, 5.41) is 3.32. The van der Waals surface area contributed by atoms with Crippen LogP contribution >= 0.6 is 0 Å². The predicted octanol–water partition coefficient (Wildman–Crippen LogP) is 1.63. The standard InChI is InChI=1S/C20H18FN5O3/c1-11(20(28)29-2)25-17(27)9-26-6-5-14-18(23-10-24-19(14)26)13-3-4-16-15(13)7-12(21)8-22-16/h3,5-8,10-11H,4,9H2,1-2H3,(H,25,27)/t11-/m0/s1. The van der Waals surface area contributed by atoms with Crippen LogP contribution < -0.4 is 5.32 Å². The fourth-order valence-electron chi connectivity index (χ4n) is 3.42. The molecule has 1 amide bonds. The van der Waals surface area contributed by atoms with E-state index in [-0.39, 0.29) is 12.5 Å². The van der Waals surface area contributed by atoms with Crippen molar-refractivity contribution in [2.24, 2.45) is 0 Å². The zero-order valence-electron chi connectivity index (χ0n) is 15.8. The molecule has 0 radical (unpaired) electrons. The van der Waals surface area contributed by atoms with Crippen molar-refractivity contribution in [2.75, 3.05) is 7.11 Å². The first-order valence-electron chi connectivity index (χ1n) is 9.00. The van der Waals surface area contributed by atoms with Gasteiger partial charge in [-0.25, -0.2) is 19.2 Å². The third-order valence-electron chi connectivity index (χ3n) is 4.78. The molecule has 9 heteroatoms. The van der Waals surface area contributed by atoms with E-state index in [9.17, 15) is 14.0 Å². The number of pyridine rings is 1. The Bertz CT molecular complexity index is 1150. The Hall–Kier alpha value is -3.62. The van der Waals surface area contributed by atoms with Crippen LogP contribution in [0.1, 0.15) is 23.9 Å². The van der Waals surface area contributed by atoms with Crippen molar-refractivity contribution in [1.82, 2.24) is 24.8 Å². The molecule has 0 spiro atoms. The van der Waals surface area contributed by atoms with Gasteiger partial charge in [0.1, 0.15) is 30.4 Å². The second kappa shape index (κ2) is 7.42. The Morgan fingerprint density at radius 2 is 2.17 bits per heavy atom. The van der Waals surface area contributed by atoms with Crippen LogP contribution in [0.25, 0.3) is 16.6 Å². The molecule has 1 N–H and O–H groups in total. The van der Waals surface area contributed by atoms with Crippen LogP contribution in [0.2, 0.25) is 0 Å². The van der Waals surface area contributed by atoms with Crippen molar-refractivity contribution in [1.29, 1.82) is 0 Å². The molecule has 29 heavy (non-hydrogen) atoms. The van der Waals surface area contributed by atoms with E-state index < -0.39 is 17.8 Å². The number of hydrogen-bond acceptors (Lipinski definition) is 6. The Kier molecular flexibility index (Phi) is 4.79. The summed E-state index contributed by atoms with van der Waals surface area (Å²) in [5.41, 5.74) is 3.52. The molecule has 4 rings (SSSR count). The maximum atomic E-state index is 13.7. The van der Waals surface area contributed by atoms with Gasteiger partial charge in [-0.1, -0.05) is 6.08 Å². The fraction of sp³-hybridized carbons (Fsp3) is 0.250. The molecule has 0 bridgehead atoms. The number of fused-ring (bicyclic) bond motifs is 2. The van der Waals surface area contributed by atoms with E-state index >= 15 is 0 Å². The maximum absolute atomic E-state index is 13.7. The van der Waals surface area contributed by atoms with Gasteiger partial charge in [0.15, 0.2) is 0 Å². The zero-order chi connectivity index (χ0) is 20.5. The van der Waals surface area contributed by atoms with E-state index in [2.05, 4.69) is 25.0 Å². The first-order chi connectivity index (χ1) is 14.0. The van der Waals surface area contributed by atoms with E-state index in [4.69, 9.17) is 0 Å². The Balaban J connectivity index is 1.63. The van der Waals surface area contributed by atoms with Crippen LogP contribution in [0, 0.1) is 5.82 Å². The Morgan fingerprint density at radius 3 is 2.97 bits per heavy atom. The van der Waals surface area contributed by atoms with Crippen molar-refractivity contribution in [3.05, 3.63) is 59.7 Å². The van der Waals surface area contributed by atoms with E-state index in [0.29, 0.717) is 23.3 Å². The molecule has 3 aromatic rings. The van der Waals surface area contributed by atoms with Gasteiger partial charge in [0, 0.05) is 29.1 Å². The van der Waals surface area contributed by atoms with Gasteiger partial charge in [0.25, 0.3) is 0 Å². The van der Waals surface area contributed by atoms with E-state index in [1.807, 2.05) is 12.1 Å². The van der Waals surface area contributed by atoms with Crippen LogP contribution in [0.3, 0.4) is 0 Å². The molecule has 0 aromatic carbocycles. The Morgan fingerprint density at radius 1 is 1.34 bits per heavy atom. The summed E-state index contributed by atoms with van der Waals surface area (Å²) >= 11 is 0. The molecule has 3 aromatic heterocycles. The van der Waals surface area contributed by atoms with Crippen molar-refractivity contribution in [3.8, 4) is 0 Å². The molecule has 8 nitrogen and oxygen atoms in total. The first-order valence-corrected chi connectivity index (χ1v) is 9.00. The molecule has 0 saturated heterocycles. The van der Waals surface area contributed by atoms with Crippen molar-refractivity contribution in [2.45, 2.75) is 25.9 Å². The number of amides is 1. The van der Waals surface area contributed by atoms with Crippen LogP contribution in [0.4, 0.5) is 4.39 Å². The minimum atomic E-state index is -0.748. The zero-order valence-corrected chi connectivity index (χ0v) is 15.8. The maximum Gasteiger partial charge on any atom is 0.328 e. The van der Waals surface area contributed by atoms with Crippen LogP contribution in [0.5, 0.6) is 0 Å². The predicted molar refractivity (Wildman–Crippen MR) is 102 cm³/mol. The number of carbonyl (C=O) groups is 2. The average molecular weight is 395 g/mol. The van der Waals surface area contributed by atoms with Crippen molar-refractivity contribution < 1.29 is 18.7 Å². The van der Waals surface area contributed by atoms with Crippen molar-refractivity contribution in [3.63, 3.8) is 0 Å². The van der Waals surface area contributed by atoms with Gasteiger partial charge in [-0.2, -0.15) is 0 Å². The number of nitrogens with one attached hydrogen (secondary N) is 1. The highest BCUT2D eigenvalue weighted by molar-refractivity contribution is 5.95. The summed E-state index contributed by atoms with van der Waals surface area (Å²) in [7, 11) is 1.26. The lowest BCUT2D eigenvalue weighted by molar-refractivity contribution is -0.144. The molecule has 0 fully saturated rings. The molecule has 1 aliphatic rings. The number of carbonyl (C=O) groups excluding carboxylic acids is 2. The molecule has 0 aliphatic heterocycles. The highest BCUT2D eigenvalue weighted by atomic mass is 19.1. The largest absolute Gasteiger partial charge is 0.467 e. The lowest BCUT2D eigenvalue weighted by Gasteiger charge is -2.12. The summed E-state index contributed by atoms with van der Waals surface area (Å²) in [5.74, 6) is -1.28. The number of hydrogen-bond donors (Lipinski definition) is 1. The Labute approximate surface area is 165 Å². The van der Waals surface area contributed by atoms with Gasteiger partial charge < -0.3 is 14.6 Å². The number of esters is 1. The lowest BCUT2D eigenvalue weighted by atomic mass is 10.0. The van der Waals surface area contributed by atoms with Gasteiger partial charge >= 0.3 is 5.97 Å². The molecule has 1 atom stereocenters. The number of methoxy groups -OCH3 is 1. The SMILES string of the molecule is COC(=O)[C@H](C)NC(=O)Cn1ccc2c(C3=CCc4ncc(F)cc43)ncnc21. The van der Waals surface area contributed by atoms with E-state index in [1.165, 1.54) is 25.7 Å². The van der Waals surface area contributed by atoms with E-state index in [0.717, 1.165) is 16.7 Å². The first kappa shape index (κ1) is 18.7. The van der Waals surface area contributed by atoms with Gasteiger partial charge in [0.2, 0.25) is 5.91 Å². The number of ether oxygens (including phenoxy) is 1. The number of nitrogens with zero attached hydrogens (tertiary/aromatic N) is 4. The quantitative estimate of drug-likeness (QED) is 0.660.